The summed E-state index contributed by atoms with van der Waals surface area (Å²) in [5.41, 5.74) is 6.18. The van der Waals surface area contributed by atoms with Gasteiger partial charge in [-0.3, -0.25) is 5.43 Å². The average molecular weight is 337 g/mol. The highest BCUT2D eigenvalue weighted by molar-refractivity contribution is 7.13. The van der Waals surface area contributed by atoms with Crippen molar-refractivity contribution in [3.8, 4) is 5.75 Å². The normalized spacial score (nSPS) is 10.9. The third-order valence-corrected chi connectivity index (χ3v) is 4.22. The number of hydrogen-bond donors (Lipinski definition) is 1. The van der Waals surface area contributed by atoms with Gasteiger partial charge in [0.2, 0.25) is 5.13 Å². The van der Waals surface area contributed by atoms with E-state index in [1.807, 2.05) is 54.8 Å². The Balaban J connectivity index is 1.51. The maximum Gasteiger partial charge on any atom is 0.203 e. The second kappa shape index (κ2) is 8.26. The van der Waals surface area contributed by atoms with Crippen LogP contribution in [0.2, 0.25) is 0 Å². The Bertz CT molecular complexity index is 799. The van der Waals surface area contributed by atoms with E-state index in [0.29, 0.717) is 6.61 Å². The molecule has 0 unspecified atom stereocenters. The fourth-order valence-corrected chi connectivity index (χ4v) is 2.82. The van der Waals surface area contributed by atoms with E-state index in [0.717, 1.165) is 28.6 Å². The van der Waals surface area contributed by atoms with Gasteiger partial charge in [0, 0.05) is 11.8 Å². The predicted molar refractivity (Wildman–Crippen MR) is 100 cm³/mol. The van der Waals surface area contributed by atoms with Gasteiger partial charge >= 0.3 is 0 Å². The standard InChI is InChI=1S/C19H19N3OS/c1-15-14-24-19(21-15)22-20-13-17-8-5-9-18(12-17)23-11-10-16-6-3-2-4-7-16/h2-9,12-14H,10-11H2,1H3,(H,21,22). The molecule has 5 heteroatoms. The van der Waals surface area contributed by atoms with Crippen molar-refractivity contribution in [2.45, 2.75) is 13.3 Å². The van der Waals surface area contributed by atoms with Gasteiger partial charge in [0.25, 0.3) is 0 Å². The van der Waals surface area contributed by atoms with Crippen LogP contribution in [0.25, 0.3) is 0 Å². The first kappa shape index (κ1) is 16.2. The lowest BCUT2D eigenvalue weighted by Gasteiger charge is -2.06. The Morgan fingerprint density at radius 2 is 2.04 bits per heavy atom. The molecule has 1 heterocycles. The van der Waals surface area contributed by atoms with Gasteiger partial charge in [0.1, 0.15) is 5.75 Å². The summed E-state index contributed by atoms with van der Waals surface area (Å²) in [4.78, 5) is 4.30. The number of benzene rings is 2. The number of hydrazone groups is 1. The monoisotopic (exact) mass is 337 g/mol. The zero-order chi connectivity index (χ0) is 16.6. The predicted octanol–water partition coefficient (Wildman–Crippen LogP) is 4.52. The van der Waals surface area contributed by atoms with Crippen LogP contribution in [0.1, 0.15) is 16.8 Å². The molecule has 3 aromatic rings. The number of nitrogens with zero attached hydrogens (tertiary/aromatic N) is 2. The highest BCUT2D eigenvalue weighted by Gasteiger charge is 1.98. The first-order valence-corrected chi connectivity index (χ1v) is 8.65. The van der Waals surface area contributed by atoms with Crippen molar-refractivity contribution in [2.24, 2.45) is 5.10 Å². The SMILES string of the molecule is Cc1csc(NN=Cc2cccc(OCCc3ccccc3)c2)n1. The quantitative estimate of drug-likeness (QED) is 0.509. The number of hydrogen-bond acceptors (Lipinski definition) is 5. The van der Waals surface area contributed by atoms with Crippen molar-refractivity contribution in [1.82, 2.24) is 4.98 Å². The molecule has 0 spiro atoms. The first-order valence-electron chi connectivity index (χ1n) is 7.77. The molecule has 0 aliphatic carbocycles. The van der Waals surface area contributed by atoms with Crippen LogP contribution in [0.5, 0.6) is 5.75 Å². The van der Waals surface area contributed by atoms with Gasteiger partial charge < -0.3 is 4.74 Å². The van der Waals surface area contributed by atoms with Crippen molar-refractivity contribution in [3.05, 3.63) is 76.8 Å². The molecule has 0 atom stereocenters. The number of anilines is 1. The minimum Gasteiger partial charge on any atom is -0.493 e. The number of rotatable bonds is 7. The molecule has 0 fully saturated rings. The average Bonchev–Trinajstić information content (AvgIpc) is 3.02. The number of thiazole rings is 1. The summed E-state index contributed by atoms with van der Waals surface area (Å²) in [5.74, 6) is 0.847. The summed E-state index contributed by atoms with van der Waals surface area (Å²) in [6, 6.07) is 18.2. The number of nitrogens with one attached hydrogen (secondary N) is 1. The van der Waals surface area contributed by atoms with E-state index in [2.05, 4.69) is 27.6 Å². The first-order chi connectivity index (χ1) is 11.8. The van der Waals surface area contributed by atoms with E-state index in [1.54, 1.807) is 6.21 Å². The van der Waals surface area contributed by atoms with Crippen LogP contribution < -0.4 is 10.2 Å². The molecule has 0 bridgehead atoms. The minimum absolute atomic E-state index is 0.654. The molecule has 0 aliphatic rings. The highest BCUT2D eigenvalue weighted by Crippen LogP contribution is 2.15. The molecular weight excluding hydrogens is 318 g/mol. The van der Waals surface area contributed by atoms with Crippen LogP contribution in [0.4, 0.5) is 5.13 Å². The van der Waals surface area contributed by atoms with Gasteiger partial charge in [-0.1, -0.05) is 42.5 Å². The molecule has 0 amide bonds. The molecule has 2 aromatic carbocycles. The van der Waals surface area contributed by atoms with E-state index in [1.165, 1.54) is 16.9 Å². The van der Waals surface area contributed by atoms with Crippen LogP contribution in [0.15, 0.2) is 65.1 Å². The summed E-state index contributed by atoms with van der Waals surface area (Å²) in [5, 5.41) is 6.99. The third-order valence-electron chi connectivity index (χ3n) is 3.35. The zero-order valence-electron chi connectivity index (χ0n) is 13.5. The Labute approximate surface area is 145 Å². The minimum atomic E-state index is 0.654. The summed E-state index contributed by atoms with van der Waals surface area (Å²) < 4.78 is 5.83. The van der Waals surface area contributed by atoms with E-state index in [-0.39, 0.29) is 0 Å². The zero-order valence-corrected chi connectivity index (χ0v) is 14.3. The lowest BCUT2D eigenvalue weighted by atomic mass is 10.2. The molecule has 122 valence electrons. The van der Waals surface area contributed by atoms with Gasteiger partial charge in [-0.2, -0.15) is 5.10 Å². The number of aryl methyl sites for hydroxylation is 1. The highest BCUT2D eigenvalue weighted by atomic mass is 32.1. The second-order valence-corrected chi connectivity index (χ2v) is 6.18. The van der Waals surface area contributed by atoms with Gasteiger partial charge in [-0.05, 0) is 30.2 Å². The van der Waals surface area contributed by atoms with Gasteiger partial charge in [0.15, 0.2) is 0 Å². The summed E-state index contributed by atoms with van der Waals surface area (Å²) in [7, 11) is 0. The third kappa shape index (κ3) is 4.93. The lowest BCUT2D eigenvalue weighted by Crippen LogP contribution is -2.01. The lowest BCUT2D eigenvalue weighted by molar-refractivity contribution is 0.322. The Hall–Kier alpha value is -2.66. The Morgan fingerprint density at radius 1 is 1.17 bits per heavy atom. The summed E-state index contributed by atoms with van der Waals surface area (Å²) >= 11 is 1.54. The molecule has 4 nitrogen and oxygen atoms in total. The molecule has 0 saturated heterocycles. The Kier molecular flexibility index (Phi) is 5.58. The van der Waals surface area contributed by atoms with Gasteiger partial charge in [0.05, 0.1) is 18.5 Å². The molecular formula is C19H19N3OS. The van der Waals surface area contributed by atoms with Gasteiger partial charge in [-0.15, -0.1) is 11.3 Å². The molecule has 0 radical (unpaired) electrons. The van der Waals surface area contributed by atoms with E-state index < -0.39 is 0 Å². The molecule has 3 rings (SSSR count). The van der Waals surface area contributed by atoms with Crippen molar-refractivity contribution in [1.29, 1.82) is 0 Å². The maximum atomic E-state index is 5.83. The van der Waals surface area contributed by atoms with Crippen LogP contribution in [0, 0.1) is 6.92 Å². The van der Waals surface area contributed by atoms with Crippen LogP contribution in [-0.4, -0.2) is 17.8 Å². The fourth-order valence-electron chi connectivity index (χ4n) is 2.18. The van der Waals surface area contributed by atoms with Crippen molar-refractivity contribution in [3.63, 3.8) is 0 Å². The summed E-state index contributed by atoms with van der Waals surface area (Å²) in [6.07, 6.45) is 2.66. The topological polar surface area (TPSA) is 46.5 Å². The molecule has 0 aliphatic heterocycles. The number of ether oxygens (including phenoxy) is 1. The van der Waals surface area contributed by atoms with Crippen LogP contribution in [-0.2, 0) is 6.42 Å². The smallest absolute Gasteiger partial charge is 0.203 e. The van der Waals surface area contributed by atoms with Crippen molar-refractivity contribution < 1.29 is 4.74 Å². The van der Waals surface area contributed by atoms with E-state index in [4.69, 9.17) is 4.74 Å². The van der Waals surface area contributed by atoms with Gasteiger partial charge in [-0.25, -0.2) is 4.98 Å². The largest absolute Gasteiger partial charge is 0.493 e. The Morgan fingerprint density at radius 3 is 2.83 bits per heavy atom. The fraction of sp³-hybridized carbons (Fsp3) is 0.158. The van der Waals surface area contributed by atoms with Crippen molar-refractivity contribution >= 4 is 22.7 Å². The molecule has 1 N–H and O–H groups in total. The van der Waals surface area contributed by atoms with Crippen LogP contribution in [0.3, 0.4) is 0 Å². The molecule has 1 aromatic heterocycles. The number of aromatic nitrogens is 1. The maximum absolute atomic E-state index is 5.83. The summed E-state index contributed by atoms with van der Waals surface area (Å²) in [6.45, 7) is 2.61. The van der Waals surface area contributed by atoms with E-state index in [9.17, 15) is 0 Å². The second-order valence-electron chi connectivity index (χ2n) is 5.32. The van der Waals surface area contributed by atoms with Crippen molar-refractivity contribution in [2.75, 3.05) is 12.0 Å². The molecule has 24 heavy (non-hydrogen) atoms. The molecule has 0 saturated carbocycles. The van der Waals surface area contributed by atoms with Crippen LogP contribution >= 0.6 is 11.3 Å². The van der Waals surface area contributed by atoms with E-state index >= 15 is 0 Å².